The van der Waals surface area contributed by atoms with Crippen molar-refractivity contribution < 1.29 is 9.47 Å². The summed E-state index contributed by atoms with van der Waals surface area (Å²) in [6, 6.07) is 6.23. The van der Waals surface area contributed by atoms with Crippen molar-refractivity contribution in [1.82, 2.24) is 5.32 Å². The zero-order valence-corrected chi connectivity index (χ0v) is 12.6. The fraction of sp³-hybridized carbons (Fsp3) is 0.600. The van der Waals surface area contributed by atoms with E-state index in [-0.39, 0.29) is 6.04 Å². The van der Waals surface area contributed by atoms with Gasteiger partial charge in [0.25, 0.3) is 0 Å². The minimum absolute atomic E-state index is 0.213. The summed E-state index contributed by atoms with van der Waals surface area (Å²) in [4.78, 5) is 0. The number of benzene rings is 1. The first-order valence-corrected chi connectivity index (χ1v) is 6.68. The number of rotatable bonds is 7. The summed E-state index contributed by atoms with van der Waals surface area (Å²) in [6.07, 6.45) is 0. The van der Waals surface area contributed by atoms with Gasteiger partial charge in [0.1, 0.15) is 0 Å². The highest BCUT2D eigenvalue weighted by molar-refractivity contribution is 5.44. The van der Waals surface area contributed by atoms with Crippen molar-refractivity contribution in [3.05, 3.63) is 23.8 Å². The van der Waals surface area contributed by atoms with Gasteiger partial charge in [0.2, 0.25) is 0 Å². The van der Waals surface area contributed by atoms with E-state index in [2.05, 4.69) is 25.2 Å². The Labute approximate surface area is 116 Å². The van der Waals surface area contributed by atoms with E-state index in [1.54, 1.807) is 14.2 Å². The topological polar surface area (TPSA) is 56.5 Å². The van der Waals surface area contributed by atoms with Gasteiger partial charge in [0, 0.05) is 6.04 Å². The number of ether oxygens (including phenoxy) is 2. The number of methoxy groups -OCH3 is 2. The van der Waals surface area contributed by atoms with Crippen LogP contribution < -0.4 is 20.5 Å². The maximum absolute atomic E-state index is 5.92. The minimum atomic E-state index is 0.213. The van der Waals surface area contributed by atoms with Crippen molar-refractivity contribution in [1.29, 1.82) is 0 Å². The number of nitrogens with one attached hydrogen (secondary N) is 1. The van der Waals surface area contributed by atoms with Gasteiger partial charge in [-0.05, 0) is 43.1 Å². The summed E-state index contributed by atoms with van der Waals surface area (Å²) in [5, 5.41) is 3.36. The standard InChI is InChI=1S/C15H26N2O2/c1-10(2)12(9-16)15(17-3)11-6-7-13(18-4)14(8-11)19-5/h6-8,10,12,15,17H,9,16H2,1-5H3. The van der Waals surface area contributed by atoms with Gasteiger partial charge >= 0.3 is 0 Å². The molecule has 1 rings (SSSR count). The molecule has 2 atom stereocenters. The molecule has 1 aromatic rings. The van der Waals surface area contributed by atoms with Crippen LogP contribution in [-0.2, 0) is 0 Å². The predicted molar refractivity (Wildman–Crippen MR) is 78.7 cm³/mol. The van der Waals surface area contributed by atoms with Gasteiger partial charge in [-0.2, -0.15) is 0 Å². The van der Waals surface area contributed by atoms with Gasteiger partial charge in [-0.3, -0.25) is 0 Å². The van der Waals surface area contributed by atoms with Crippen LogP contribution in [-0.4, -0.2) is 27.8 Å². The summed E-state index contributed by atoms with van der Waals surface area (Å²) in [5.41, 5.74) is 7.09. The molecular weight excluding hydrogens is 240 g/mol. The monoisotopic (exact) mass is 266 g/mol. The Kier molecular flexibility index (Phi) is 6.12. The van der Waals surface area contributed by atoms with Crippen molar-refractivity contribution in [2.45, 2.75) is 19.9 Å². The quantitative estimate of drug-likeness (QED) is 0.794. The molecule has 0 aromatic heterocycles. The third-order valence-corrected chi connectivity index (χ3v) is 3.63. The van der Waals surface area contributed by atoms with Crippen LogP contribution in [0.5, 0.6) is 11.5 Å². The summed E-state index contributed by atoms with van der Waals surface area (Å²) in [5.74, 6) is 2.38. The molecule has 0 saturated carbocycles. The molecule has 0 radical (unpaired) electrons. The van der Waals surface area contributed by atoms with Crippen LogP contribution >= 0.6 is 0 Å². The Morgan fingerprint density at radius 1 is 1.16 bits per heavy atom. The summed E-state index contributed by atoms with van der Waals surface area (Å²) >= 11 is 0. The van der Waals surface area contributed by atoms with E-state index in [0.717, 1.165) is 11.5 Å². The molecule has 0 aliphatic rings. The van der Waals surface area contributed by atoms with Gasteiger partial charge in [0.05, 0.1) is 14.2 Å². The Balaban J connectivity index is 3.11. The van der Waals surface area contributed by atoms with E-state index in [1.807, 2.05) is 19.2 Å². The van der Waals surface area contributed by atoms with Crippen LogP contribution in [0.2, 0.25) is 0 Å². The normalized spacial score (nSPS) is 14.3. The van der Waals surface area contributed by atoms with Crippen LogP contribution in [0.4, 0.5) is 0 Å². The van der Waals surface area contributed by atoms with E-state index in [4.69, 9.17) is 15.2 Å². The summed E-state index contributed by atoms with van der Waals surface area (Å²) < 4.78 is 10.6. The van der Waals surface area contributed by atoms with E-state index >= 15 is 0 Å². The molecule has 2 unspecified atom stereocenters. The fourth-order valence-electron chi connectivity index (χ4n) is 2.47. The second kappa shape index (κ2) is 7.36. The van der Waals surface area contributed by atoms with Crippen molar-refractivity contribution in [3.63, 3.8) is 0 Å². The lowest BCUT2D eigenvalue weighted by Crippen LogP contribution is -2.33. The Morgan fingerprint density at radius 3 is 2.21 bits per heavy atom. The largest absolute Gasteiger partial charge is 0.493 e. The molecule has 19 heavy (non-hydrogen) atoms. The minimum Gasteiger partial charge on any atom is -0.493 e. The molecule has 0 heterocycles. The zero-order chi connectivity index (χ0) is 14.4. The van der Waals surface area contributed by atoms with Gasteiger partial charge < -0.3 is 20.5 Å². The van der Waals surface area contributed by atoms with E-state index < -0.39 is 0 Å². The molecule has 4 heteroatoms. The van der Waals surface area contributed by atoms with Crippen LogP contribution in [0.3, 0.4) is 0 Å². The molecule has 0 fully saturated rings. The Hall–Kier alpha value is -1.26. The van der Waals surface area contributed by atoms with Gasteiger partial charge in [-0.1, -0.05) is 19.9 Å². The molecule has 0 spiro atoms. The highest BCUT2D eigenvalue weighted by Crippen LogP contribution is 2.33. The molecule has 108 valence electrons. The smallest absolute Gasteiger partial charge is 0.161 e. The maximum Gasteiger partial charge on any atom is 0.161 e. The molecule has 0 saturated heterocycles. The SMILES string of the molecule is CNC(c1ccc(OC)c(OC)c1)C(CN)C(C)C. The maximum atomic E-state index is 5.92. The number of hydrogen-bond acceptors (Lipinski definition) is 4. The number of nitrogens with two attached hydrogens (primary N) is 1. The molecule has 0 aliphatic carbocycles. The van der Waals surface area contributed by atoms with Crippen molar-refractivity contribution in [2.75, 3.05) is 27.8 Å². The van der Waals surface area contributed by atoms with Crippen molar-refractivity contribution >= 4 is 0 Å². The predicted octanol–water partition coefficient (Wildman–Crippen LogP) is 2.20. The fourth-order valence-corrected chi connectivity index (χ4v) is 2.47. The molecule has 3 N–H and O–H groups in total. The highest BCUT2D eigenvalue weighted by Gasteiger charge is 2.24. The van der Waals surface area contributed by atoms with Crippen LogP contribution in [0.1, 0.15) is 25.5 Å². The Bertz CT molecular complexity index is 394. The molecular formula is C15H26N2O2. The van der Waals surface area contributed by atoms with E-state index in [9.17, 15) is 0 Å². The second-order valence-electron chi connectivity index (χ2n) is 5.02. The first kappa shape index (κ1) is 15.8. The summed E-state index contributed by atoms with van der Waals surface area (Å²) in [7, 11) is 5.26. The third-order valence-electron chi connectivity index (χ3n) is 3.63. The van der Waals surface area contributed by atoms with Crippen molar-refractivity contribution in [3.8, 4) is 11.5 Å². The molecule has 1 aromatic carbocycles. The van der Waals surface area contributed by atoms with E-state index in [1.165, 1.54) is 5.56 Å². The van der Waals surface area contributed by atoms with Crippen LogP contribution in [0.25, 0.3) is 0 Å². The average Bonchev–Trinajstić information content (AvgIpc) is 2.43. The molecule has 0 amide bonds. The summed E-state index contributed by atoms with van der Waals surface area (Å²) in [6.45, 7) is 5.04. The first-order chi connectivity index (χ1) is 9.08. The van der Waals surface area contributed by atoms with Gasteiger partial charge in [-0.25, -0.2) is 0 Å². The zero-order valence-electron chi connectivity index (χ0n) is 12.6. The third kappa shape index (κ3) is 3.61. The Morgan fingerprint density at radius 2 is 1.79 bits per heavy atom. The highest BCUT2D eigenvalue weighted by atomic mass is 16.5. The lowest BCUT2D eigenvalue weighted by molar-refractivity contribution is 0.297. The molecule has 0 aliphatic heterocycles. The lowest BCUT2D eigenvalue weighted by atomic mass is 9.84. The van der Waals surface area contributed by atoms with Gasteiger partial charge in [0.15, 0.2) is 11.5 Å². The first-order valence-electron chi connectivity index (χ1n) is 6.68. The van der Waals surface area contributed by atoms with Crippen LogP contribution in [0, 0.1) is 11.8 Å². The molecule has 4 nitrogen and oxygen atoms in total. The van der Waals surface area contributed by atoms with E-state index in [0.29, 0.717) is 18.4 Å². The molecule has 0 bridgehead atoms. The second-order valence-corrected chi connectivity index (χ2v) is 5.02. The van der Waals surface area contributed by atoms with Gasteiger partial charge in [-0.15, -0.1) is 0 Å². The lowest BCUT2D eigenvalue weighted by Gasteiger charge is -2.29. The van der Waals surface area contributed by atoms with Crippen LogP contribution in [0.15, 0.2) is 18.2 Å². The van der Waals surface area contributed by atoms with Crippen molar-refractivity contribution in [2.24, 2.45) is 17.6 Å². The number of hydrogen-bond donors (Lipinski definition) is 2. The average molecular weight is 266 g/mol.